The fourth-order valence-electron chi connectivity index (χ4n) is 4.15. The maximum absolute atomic E-state index is 13.6. The van der Waals surface area contributed by atoms with Crippen molar-refractivity contribution in [1.82, 2.24) is 20.4 Å². The van der Waals surface area contributed by atoms with Gasteiger partial charge in [-0.25, -0.2) is 4.39 Å². The molecule has 0 aromatic heterocycles. The number of nitrogens with one attached hydrogen (secondary N) is 2. The molecule has 3 aliphatic heterocycles. The number of benzene rings is 1. The highest BCUT2D eigenvalue weighted by Crippen LogP contribution is 2.24. The number of nitrogens with zero attached hydrogens (tertiary/aromatic N) is 2. The molecule has 0 saturated carbocycles. The molecule has 0 radical (unpaired) electrons. The Hall–Kier alpha value is -2.37. The van der Waals surface area contributed by atoms with Crippen molar-refractivity contribution in [2.24, 2.45) is 0 Å². The average molecular weight is 395 g/mol. The Morgan fingerprint density at radius 3 is 2.76 bits per heavy atom. The summed E-state index contributed by atoms with van der Waals surface area (Å²) >= 11 is 0. The summed E-state index contributed by atoms with van der Waals surface area (Å²) in [5.41, 5.74) is 5.96. The fraction of sp³-hybridized carbons (Fsp3) is 0.417. The molecule has 0 bridgehead atoms. The lowest BCUT2D eigenvalue weighted by Crippen LogP contribution is -2.44. The quantitative estimate of drug-likeness (QED) is 0.767. The van der Waals surface area contributed by atoms with Gasteiger partial charge in [0.05, 0.1) is 11.4 Å². The Balaban J connectivity index is 1.21. The summed E-state index contributed by atoms with van der Waals surface area (Å²) < 4.78 is 13.6. The molecule has 4 nitrogen and oxygen atoms in total. The molecule has 2 N–H and O–H groups in total. The van der Waals surface area contributed by atoms with Crippen molar-refractivity contribution in [1.29, 1.82) is 0 Å². The van der Waals surface area contributed by atoms with Gasteiger partial charge in [0, 0.05) is 44.2 Å². The average Bonchev–Trinajstić information content (AvgIpc) is 2.74. The molecule has 0 atom stereocenters. The second kappa shape index (κ2) is 8.97. The van der Waals surface area contributed by atoms with Gasteiger partial charge in [0.25, 0.3) is 0 Å². The number of hydrogen-bond donors (Lipinski definition) is 2. The lowest BCUT2D eigenvalue weighted by atomic mass is 10.0. The van der Waals surface area contributed by atoms with Crippen LogP contribution in [0.5, 0.6) is 0 Å². The van der Waals surface area contributed by atoms with Crippen molar-refractivity contribution in [2.75, 3.05) is 26.2 Å². The van der Waals surface area contributed by atoms with Crippen LogP contribution in [0, 0.1) is 13.8 Å². The summed E-state index contributed by atoms with van der Waals surface area (Å²) in [5, 5.41) is 6.75. The Morgan fingerprint density at radius 1 is 1.14 bits per heavy atom. The zero-order chi connectivity index (χ0) is 20.2. The smallest absolute Gasteiger partial charge is 0.141 e. The second-order valence-corrected chi connectivity index (χ2v) is 8.23. The number of likely N-dealkylation sites (tertiary alicyclic amines) is 1. The summed E-state index contributed by atoms with van der Waals surface area (Å²) in [6.45, 7) is 9.36. The summed E-state index contributed by atoms with van der Waals surface area (Å²) in [6.07, 6.45) is 11.4. The maximum atomic E-state index is 13.6. The molecular weight excluding hydrogens is 363 g/mol. The molecule has 4 rings (SSSR count). The van der Waals surface area contributed by atoms with Crippen molar-refractivity contribution >= 4 is 0 Å². The third kappa shape index (κ3) is 4.98. The van der Waals surface area contributed by atoms with Crippen molar-refractivity contribution in [3.05, 3.63) is 82.7 Å². The van der Waals surface area contributed by atoms with E-state index in [1.165, 1.54) is 35.7 Å². The van der Waals surface area contributed by atoms with Crippen LogP contribution >= 0.6 is 0 Å². The molecule has 0 aliphatic carbocycles. The van der Waals surface area contributed by atoms with Gasteiger partial charge >= 0.3 is 0 Å². The van der Waals surface area contributed by atoms with Gasteiger partial charge < -0.3 is 20.4 Å². The van der Waals surface area contributed by atoms with Crippen LogP contribution in [0.1, 0.15) is 29.5 Å². The van der Waals surface area contributed by atoms with Gasteiger partial charge in [-0.05, 0) is 68.6 Å². The molecular formula is C24H31FN4. The number of fused-ring (bicyclic) bond motifs is 1. The van der Waals surface area contributed by atoms with Gasteiger partial charge in [0.1, 0.15) is 5.83 Å². The predicted molar refractivity (Wildman–Crippen MR) is 117 cm³/mol. The third-order valence-corrected chi connectivity index (χ3v) is 6.17. The molecule has 29 heavy (non-hydrogen) atoms. The first kappa shape index (κ1) is 19.9. The van der Waals surface area contributed by atoms with Gasteiger partial charge in [0.2, 0.25) is 0 Å². The summed E-state index contributed by atoms with van der Waals surface area (Å²) in [6, 6.07) is 7.32. The molecule has 0 spiro atoms. The molecule has 0 unspecified atom stereocenters. The van der Waals surface area contributed by atoms with Gasteiger partial charge in [-0.15, -0.1) is 0 Å². The first-order valence-electron chi connectivity index (χ1n) is 10.6. The van der Waals surface area contributed by atoms with Crippen molar-refractivity contribution < 1.29 is 4.39 Å². The van der Waals surface area contributed by atoms with Crippen molar-refractivity contribution in [2.45, 2.75) is 39.3 Å². The highest BCUT2D eigenvalue weighted by atomic mass is 19.1. The van der Waals surface area contributed by atoms with E-state index in [-0.39, 0.29) is 5.83 Å². The van der Waals surface area contributed by atoms with Crippen LogP contribution in [-0.4, -0.2) is 42.0 Å². The Morgan fingerprint density at radius 2 is 1.97 bits per heavy atom. The first-order valence-corrected chi connectivity index (χ1v) is 10.6. The number of piperidine rings is 1. The molecule has 0 amide bonds. The maximum Gasteiger partial charge on any atom is 0.141 e. The SMILES string of the molecule is Cc1ccc(CNC2CCN(CCN3C=CC=C4NC=C(F)C=C43)CC2)cc1C. The molecule has 1 fully saturated rings. The zero-order valence-corrected chi connectivity index (χ0v) is 17.4. The van der Waals surface area contributed by atoms with E-state index in [4.69, 9.17) is 0 Å². The van der Waals surface area contributed by atoms with Crippen LogP contribution in [0.2, 0.25) is 0 Å². The Bertz CT molecular complexity index is 860. The minimum absolute atomic E-state index is 0.229. The van der Waals surface area contributed by atoms with Crippen LogP contribution in [-0.2, 0) is 6.54 Å². The van der Waals surface area contributed by atoms with E-state index < -0.39 is 0 Å². The number of halogens is 1. The van der Waals surface area contributed by atoms with Gasteiger partial charge in [0.15, 0.2) is 0 Å². The Labute approximate surface area is 173 Å². The minimum atomic E-state index is -0.229. The van der Waals surface area contributed by atoms with Gasteiger partial charge in [-0.3, -0.25) is 0 Å². The van der Waals surface area contributed by atoms with Crippen LogP contribution in [0.15, 0.2) is 66.0 Å². The normalized spacial score (nSPS) is 20.0. The lowest BCUT2D eigenvalue weighted by Gasteiger charge is -2.35. The highest BCUT2D eigenvalue weighted by Gasteiger charge is 2.22. The number of rotatable bonds is 6. The number of hydrogen-bond acceptors (Lipinski definition) is 4. The zero-order valence-electron chi connectivity index (χ0n) is 17.4. The summed E-state index contributed by atoms with van der Waals surface area (Å²) in [4.78, 5) is 4.65. The summed E-state index contributed by atoms with van der Waals surface area (Å²) in [7, 11) is 0. The fourth-order valence-corrected chi connectivity index (χ4v) is 4.15. The van der Waals surface area contributed by atoms with Crippen LogP contribution in [0.3, 0.4) is 0 Å². The van der Waals surface area contributed by atoms with Crippen molar-refractivity contribution in [3.63, 3.8) is 0 Å². The van der Waals surface area contributed by atoms with Crippen LogP contribution < -0.4 is 10.6 Å². The largest absolute Gasteiger partial charge is 0.357 e. The van der Waals surface area contributed by atoms with Gasteiger partial charge in [-0.2, -0.15) is 0 Å². The number of allylic oxidation sites excluding steroid dienone is 4. The molecule has 1 aromatic rings. The van der Waals surface area contributed by atoms with E-state index >= 15 is 0 Å². The van der Waals surface area contributed by atoms with Gasteiger partial charge in [-0.1, -0.05) is 18.2 Å². The second-order valence-electron chi connectivity index (χ2n) is 8.23. The van der Waals surface area contributed by atoms with E-state index in [1.807, 2.05) is 18.4 Å². The first-order chi connectivity index (χ1) is 14.1. The molecule has 3 heterocycles. The molecule has 154 valence electrons. The predicted octanol–water partition coefficient (Wildman–Crippen LogP) is 3.87. The minimum Gasteiger partial charge on any atom is -0.357 e. The van der Waals surface area contributed by atoms with E-state index in [1.54, 1.807) is 6.08 Å². The third-order valence-electron chi connectivity index (χ3n) is 6.17. The molecule has 1 saturated heterocycles. The van der Waals surface area contributed by atoms with E-state index in [0.29, 0.717) is 6.04 Å². The van der Waals surface area contributed by atoms with Crippen molar-refractivity contribution in [3.8, 4) is 0 Å². The van der Waals surface area contributed by atoms with Crippen LogP contribution in [0.25, 0.3) is 0 Å². The van der Waals surface area contributed by atoms with Crippen LogP contribution in [0.4, 0.5) is 4.39 Å². The Kier molecular flexibility index (Phi) is 6.16. The number of dihydropyridines is 1. The van der Waals surface area contributed by atoms with E-state index in [2.05, 4.69) is 52.5 Å². The number of aryl methyl sites for hydroxylation is 2. The van der Waals surface area contributed by atoms with E-state index in [9.17, 15) is 4.39 Å². The van der Waals surface area contributed by atoms with E-state index in [0.717, 1.165) is 44.1 Å². The summed E-state index contributed by atoms with van der Waals surface area (Å²) in [5.74, 6) is -0.229. The standard InChI is InChI=1S/C24H31FN4/c1-18-5-6-20(14-19(18)2)16-26-22-7-10-28(11-8-22)12-13-29-9-3-4-23-24(29)15-21(25)17-27-23/h3-6,9,14-15,17,22,26-27H,7-8,10-13,16H2,1-2H3. The molecule has 5 heteroatoms. The molecule has 3 aliphatic rings. The highest BCUT2D eigenvalue weighted by molar-refractivity contribution is 5.43. The lowest BCUT2D eigenvalue weighted by molar-refractivity contribution is 0.186. The molecule has 1 aromatic carbocycles. The topological polar surface area (TPSA) is 30.5 Å². The monoisotopic (exact) mass is 394 g/mol.